The van der Waals surface area contributed by atoms with Crippen LogP contribution in [0, 0.1) is 6.92 Å². The maximum Gasteiger partial charge on any atom is 0.416 e. The standard InChI is InChI=1S/C31H31F3N6O3/c1-18-2-3-23(36-27(41)19-12-21(31(32,33)34)14-24(13-19)39-8-10-43-11-9-39)15-25(18)40-17-20-16-35-29(37-22-4-5-22)38-26(20)30(6-7-30)28(40)42/h2-3,12-16,22H,4-11,17H2,1H3,(H,36,41)(H,35,37,38). The highest BCUT2D eigenvalue weighted by atomic mass is 19.4. The number of nitrogens with one attached hydrogen (secondary N) is 2. The van der Waals surface area contributed by atoms with Crippen LogP contribution in [0.4, 0.5) is 36.2 Å². The molecular formula is C31H31F3N6O3. The van der Waals surface area contributed by atoms with Gasteiger partial charge < -0.3 is 25.2 Å². The van der Waals surface area contributed by atoms with Crippen LogP contribution in [0.2, 0.25) is 0 Å². The van der Waals surface area contributed by atoms with E-state index in [1.54, 1.807) is 34.2 Å². The van der Waals surface area contributed by atoms with Crippen molar-refractivity contribution in [3.8, 4) is 0 Å². The summed E-state index contributed by atoms with van der Waals surface area (Å²) >= 11 is 0. The van der Waals surface area contributed by atoms with Crippen molar-refractivity contribution in [2.45, 2.75) is 56.8 Å². The summed E-state index contributed by atoms with van der Waals surface area (Å²) in [6.07, 6.45) is 0.752. The van der Waals surface area contributed by atoms with Gasteiger partial charge in [-0.1, -0.05) is 6.07 Å². The maximum atomic E-state index is 13.9. The van der Waals surface area contributed by atoms with Crippen LogP contribution >= 0.6 is 0 Å². The van der Waals surface area contributed by atoms with E-state index in [2.05, 4.69) is 15.6 Å². The van der Waals surface area contributed by atoms with Gasteiger partial charge in [0.1, 0.15) is 0 Å². The number of anilines is 4. The summed E-state index contributed by atoms with van der Waals surface area (Å²) < 4.78 is 46.7. The molecule has 9 nitrogen and oxygen atoms in total. The molecule has 3 aromatic rings. The van der Waals surface area contributed by atoms with Crippen molar-refractivity contribution in [1.29, 1.82) is 0 Å². The molecule has 43 heavy (non-hydrogen) atoms. The second-order valence-corrected chi connectivity index (χ2v) is 11.8. The van der Waals surface area contributed by atoms with Gasteiger partial charge in [0.15, 0.2) is 0 Å². The van der Waals surface area contributed by atoms with Crippen LogP contribution < -0.4 is 20.4 Å². The minimum atomic E-state index is -4.61. The molecule has 3 heterocycles. The lowest BCUT2D eigenvalue weighted by Gasteiger charge is -2.34. The van der Waals surface area contributed by atoms with E-state index >= 15 is 0 Å². The highest BCUT2D eigenvalue weighted by Crippen LogP contribution is 2.53. The second-order valence-electron chi connectivity index (χ2n) is 11.8. The molecule has 224 valence electrons. The first-order chi connectivity index (χ1) is 20.6. The molecule has 0 unspecified atom stereocenters. The van der Waals surface area contributed by atoms with Crippen molar-refractivity contribution >= 4 is 34.8 Å². The number of benzene rings is 2. The zero-order valence-electron chi connectivity index (χ0n) is 23.6. The molecular weight excluding hydrogens is 561 g/mol. The Morgan fingerprint density at radius 3 is 2.56 bits per heavy atom. The number of amides is 2. The number of hydrogen-bond acceptors (Lipinski definition) is 7. The monoisotopic (exact) mass is 592 g/mol. The Balaban J connectivity index is 1.16. The molecule has 1 saturated heterocycles. The van der Waals surface area contributed by atoms with Gasteiger partial charge in [-0.2, -0.15) is 13.2 Å². The summed E-state index contributed by atoms with van der Waals surface area (Å²) in [7, 11) is 0. The van der Waals surface area contributed by atoms with Gasteiger partial charge in [0, 0.05) is 53.5 Å². The molecule has 2 aliphatic heterocycles. The van der Waals surface area contributed by atoms with Crippen LogP contribution in [-0.2, 0) is 27.7 Å². The SMILES string of the molecule is Cc1ccc(NC(=O)c2cc(N3CCOCC3)cc(C(F)(F)F)c2)cc1N1Cc2cnc(NC3CC3)nc2C2(CC2)C1=O. The van der Waals surface area contributed by atoms with E-state index in [0.29, 0.717) is 68.2 Å². The lowest BCUT2D eigenvalue weighted by atomic mass is 9.91. The number of nitrogens with zero attached hydrogens (tertiary/aromatic N) is 4. The van der Waals surface area contributed by atoms with Crippen LogP contribution in [0.1, 0.15) is 58.4 Å². The van der Waals surface area contributed by atoms with Crippen LogP contribution in [-0.4, -0.2) is 54.1 Å². The van der Waals surface area contributed by atoms with Crippen LogP contribution in [0.25, 0.3) is 0 Å². The number of aromatic nitrogens is 2. The number of halogens is 3. The lowest BCUT2D eigenvalue weighted by molar-refractivity contribution is -0.137. The number of carbonyl (C=O) groups excluding carboxylic acids is 2. The van der Waals surface area contributed by atoms with E-state index < -0.39 is 23.1 Å². The van der Waals surface area contributed by atoms with E-state index in [1.165, 1.54) is 6.07 Å². The summed E-state index contributed by atoms with van der Waals surface area (Å²) in [5, 5.41) is 6.07. The summed E-state index contributed by atoms with van der Waals surface area (Å²) in [6, 6.07) is 8.97. The first kappa shape index (κ1) is 27.6. The third kappa shape index (κ3) is 5.28. The molecule has 2 N–H and O–H groups in total. The zero-order chi connectivity index (χ0) is 29.9. The summed E-state index contributed by atoms with van der Waals surface area (Å²) in [6.45, 7) is 3.83. The van der Waals surface area contributed by atoms with Crippen LogP contribution in [0.5, 0.6) is 0 Å². The summed E-state index contributed by atoms with van der Waals surface area (Å²) in [5.74, 6) is -0.162. The molecule has 2 amide bonds. The van der Waals surface area contributed by atoms with Crippen molar-refractivity contribution < 1.29 is 27.5 Å². The first-order valence-electron chi connectivity index (χ1n) is 14.5. The van der Waals surface area contributed by atoms with E-state index in [-0.39, 0.29) is 18.0 Å². The Hall–Kier alpha value is -4.19. The molecule has 0 radical (unpaired) electrons. The van der Waals surface area contributed by atoms with Crippen LogP contribution in [0.3, 0.4) is 0 Å². The Morgan fingerprint density at radius 2 is 1.86 bits per heavy atom. The Morgan fingerprint density at radius 1 is 1.09 bits per heavy atom. The van der Waals surface area contributed by atoms with Crippen molar-refractivity contribution in [2.24, 2.45) is 0 Å². The number of hydrogen-bond donors (Lipinski definition) is 2. The number of alkyl halides is 3. The predicted octanol–water partition coefficient (Wildman–Crippen LogP) is 5.05. The molecule has 0 atom stereocenters. The number of morpholine rings is 1. The first-order valence-corrected chi connectivity index (χ1v) is 14.5. The number of rotatable bonds is 6. The normalized spacial score (nSPS) is 19.3. The summed E-state index contributed by atoms with van der Waals surface area (Å²) in [4.78, 5) is 39.9. The van der Waals surface area contributed by atoms with Gasteiger partial charge in [-0.15, -0.1) is 0 Å². The fourth-order valence-electron chi connectivity index (χ4n) is 5.88. The van der Waals surface area contributed by atoms with Gasteiger partial charge in [0.2, 0.25) is 11.9 Å². The average molecular weight is 593 g/mol. The van der Waals surface area contributed by atoms with Crippen molar-refractivity contribution in [2.75, 3.05) is 46.7 Å². The summed E-state index contributed by atoms with van der Waals surface area (Å²) in [5.41, 5.74) is 2.13. The zero-order valence-corrected chi connectivity index (χ0v) is 23.6. The molecule has 2 aliphatic carbocycles. The number of aryl methyl sites for hydroxylation is 1. The van der Waals surface area contributed by atoms with E-state index in [9.17, 15) is 22.8 Å². The molecule has 7 rings (SSSR count). The van der Waals surface area contributed by atoms with Gasteiger partial charge in [-0.25, -0.2) is 9.97 Å². The van der Waals surface area contributed by atoms with Gasteiger partial charge >= 0.3 is 6.18 Å². The Bertz CT molecular complexity index is 1610. The number of ether oxygens (including phenoxy) is 1. The predicted molar refractivity (Wildman–Crippen MR) is 154 cm³/mol. The Labute approximate surface area is 246 Å². The molecule has 1 spiro atoms. The minimum Gasteiger partial charge on any atom is -0.378 e. The van der Waals surface area contributed by atoms with Crippen molar-refractivity contribution in [3.63, 3.8) is 0 Å². The largest absolute Gasteiger partial charge is 0.416 e. The van der Waals surface area contributed by atoms with E-state index in [4.69, 9.17) is 9.72 Å². The fourth-order valence-corrected chi connectivity index (χ4v) is 5.88. The second kappa shape index (κ2) is 10.2. The Kier molecular flexibility index (Phi) is 6.57. The van der Waals surface area contributed by atoms with Gasteiger partial charge in [-0.3, -0.25) is 9.59 Å². The average Bonchev–Trinajstić information content (AvgIpc) is 3.93. The molecule has 2 saturated carbocycles. The third-order valence-electron chi connectivity index (χ3n) is 8.60. The highest BCUT2D eigenvalue weighted by Gasteiger charge is 2.58. The molecule has 4 aliphatic rings. The minimum absolute atomic E-state index is 0.0457. The van der Waals surface area contributed by atoms with Gasteiger partial charge in [0.05, 0.1) is 36.4 Å². The molecule has 12 heteroatoms. The quantitative estimate of drug-likeness (QED) is 0.414. The van der Waals surface area contributed by atoms with Gasteiger partial charge in [-0.05, 0) is 68.5 Å². The topological polar surface area (TPSA) is 99.7 Å². The van der Waals surface area contributed by atoms with E-state index in [0.717, 1.165) is 41.8 Å². The van der Waals surface area contributed by atoms with E-state index in [1.807, 2.05) is 6.92 Å². The molecule has 2 aromatic carbocycles. The third-order valence-corrected chi connectivity index (χ3v) is 8.60. The van der Waals surface area contributed by atoms with Crippen molar-refractivity contribution in [1.82, 2.24) is 9.97 Å². The highest BCUT2D eigenvalue weighted by molar-refractivity contribution is 6.07. The number of carbonyl (C=O) groups is 2. The molecule has 3 fully saturated rings. The molecule has 1 aromatic heterocycles. The van der Waals surface area contributed by atoms with Crippen molar-refractivity contribution in [3.05, 3.63) is 70.5 Å². The number of fused-ring (bicyclic) bond motifs is 2. The van der Waals surface area contributed by atoms with Gasteiger partial charge in [0.25, 0.3) is 5.91 Å². The molecule has 0 bridgehead atoms. The maximum absolute atomic E-state index is 13.9. The van der Waals surface area contributed by atoms with Crippen LogP contribution in [0.15, 0.2) is 42.6 Å². The smallest absolute Gasteiger partial charge is 0.378 e. The fraction of sp³-hybridized carbons (Fsp3) is 0.419. The lowest BCUT2D eigenvalue weighted by Crippen LogP contribution is -2.45.